The summed E-state index contributed by atoms with van der Waals surface area (Å²) in [6.07, 6.45) is -3.06. The van der Waals surface area contributed by atoms with Crippen molar-refractivity contribution in [2.45, 2.75) is 13.1 Å². The highest BCUT2D eigenvalue weighted by Crippen LogP contribution is 2.28. The summed E-state index contributed by atoms with van der Waals surface area (Å²) in [6.45, 7) is 1.43. The molecule has 0 amide bonds. The van der Waals surface area contributed by atoms with E-state index in [4.69, 9.17) is 0 Å². The van der Waals surface area contributed by atoms with Gasteiger partial charge in [0.2, 0.25) is 0 Å². The molecule has 1 heterocycles. The third kappa shape index (κ3) is 2.05. The van der Waals surface area contributed by atoms with Gasteiger partial charge in [-0.15, -0.1) is 0 Å². The van der Waals surface area contributed by atoms with Crippen LogP contribution in [0.3, 0.4) is 0 Å². The lowest BCUT2D eigenvalue weighted by Gasteiger charge is -2.06. The number of alkyl halides is 3. The molecule has 0 radical (unpaired) electrons. The molecule has 0 fully saturated rings. The number of aldehydes is 1. The summed E-state index contributed by atoms with van der Waals surface area (Å²) >= 11 is 0. The molecule has 0 bridgehead atoms. The summed E-state index contributed by atoms with van der Waals surface area (Å²) in [5, 5.41) is 0. The number of hydrogen-bond donors (Lipinski definition) is 0. The molecule has 1 aromatic rings. The predicted molar refractivity (Wildman–Crippen MR) is 39.4 cm³/mol. The summed E-state index contributed by atoms with van der Waals surface area (Å²) in [5.41, 5.74) is -0.527. The molecule has 13 heavy (non-hydrogen) atoms. The highest BCUT2D eigenvalue weighted by Gasteiger charge is 2.32. The second-order valence-electron chi connectivity index (χ2n) is 2.54. The second-order valence-corrected chi connectivity index (χ2v) is 2.54. The van der Waals surface area contributed by atoms with Gasteiger partial charge in [-0.2, -0.15) is 13.2 Å². The molecule has 0 N–H and O–H groups in total. The summed E-state index contributed by atoms with van der Waals surface area (Å²) < 4.78 is 36.2. The van der Waals surface area contributed by atoms with Gasteiger partial charge in [-0.05, 0) is 18.6 Å². The molecule has 0 spiro atoms. The van der Waals surface area contributed by atoms with Crippen molar-refractivity contribution in [2.24, 2.45) is 0 Å². The first-order valence-corrected chi connectivity index (χ1v) is 3.44. The maximum atomic E-state index is 12.1. The number of carbonyl (C=O) groups is 1. The zero-order valence-electron chi connectivity index (χ0n) is 6.72. The quantitative estimate of drug-likeness (QED) is 0.634. The molecule has 5 heteroatoms. The maximum absolute atomic E-state index is 12.1. The van der Waals surface area contributed by atoms with Crippen LogP contribution in [0.15, 0.2) is 12.3 Å². The van der Waals surface area contributed by atoms with Crippen molar-refractivity contribution in [1.82, 2.24) is 4.98 Å². The zero-order valence-corrected chi connectivity index (χ0v) is 6.72. The van der Waals surface area contributed by atoms with Gasteiger partial charge in [0.25, 0.3) is 0 Å². The lowest BCUT2D eigenvalue weighted by molar-refractivity contribution is -0.141. The minimum atomic E-state index is -4.45. The first-order chi connectivity index (χ1) is 5.95. The number of carbonyl (C=O) groups excluding carboxylic acids is 1. The Kier molecular flexibility index (Phi) is 2.36. The van der Waals surface area contributed by atoms with Gasteiger partial charge in [0.1, 0.15) is 5.69 Å². The Labute approximate surface area is 72.4 Å². The molecule has 0 saturated carbocycles. The number of rotatable bonds is 1. The van der Waals surface area contributed by atoms with E-state index in [1.54, 1.807) is 0 Å². The van der Waals surface area contributed by atoms with Crippen LogP contribution in [0.25, 0.3) is 0 Å². The smallest absolute Gasteiger partial charge is 0.298 e. The molecular weight excluding hydrogens is 183 g/mol. The fourth-order valence-corrected chi connectivity index (χ4v) is 0.845. The van der Waals surface area contributed by atoms with Crippen molar-refractivity contribution < 1.29 is 18.0 Å². The molecule has 0 aliphatic carbocycles. The predicted octanol–water partition coefficient (Wildman–Crippen LogP) is 2.22. The number of halogens is 3. The van der Waals surface area contributed by atoms with Gasteiger partial charge in [-0.3, -0.25) is 9.78 Å². The van der Waals surface area contributed by atoms with E-state index in [2.05, 4.69) is 4.98 Å². The van der Waals surface area contributed by atoms with E-state index in [1.165, 1.54) is 6.92 Å². The van der Waals surface area contributed by atoms with E-state index in [1.807, 2.05) is 0 Å². The number of aromatic nitrogens is 1. The average molecular weight is 189 g/mol. The Morgan fingerprint density at radius 2 is 2.08 bits per heavy atom. The van der Waals surface area contributed by atoms with Gasteiger partial charge < -0.3 is 0 Å². The van der Waals surface area contributed by atoms with Crippen LogP contribution < -0.4 is 0 Å². The first kappa shape index (κ1) is 9.70. The lowest BCUT2D eigenvalue weighted by atomic mass is 10.1. The molecule has 0 aliphatic rings. The van der Waals surface area contributed by atoms with Gasteiger partial charge >= 0.3 is 6.18 Å². The average Bonchev–Trinajstić information content (AvgIpc) is 2.02. The Hall–Kier alpha value is -1.39. The molecule has 0 aliphatic heterocycles. The molecule has 2 nitrogen and oxygen atoms in total. The monoisotopic (exact) mass is 189 g/mol. The van der Waals surface area contributed by atoms with Crippen LogP contribution in [0.4, 0.5) is 13.2 Å². The molecule has 0 aromatic carbocycles. The van der Waals surface area contributed by atoms with E-state index < -0.39 is 11.9 Å². The van der Waals surface area contributed by atoms with E-state index in [9.17, 15) is 18.0 Å². The maximum Gasteiger partial charge on any atom is 0.433 e. The Morgan fingerprint density at radius 3 is 2.46 bits per heavy atom. The Bertz CT molecular complexity index is 333. The summed E-state index contributed by atoms with van der Waals surface area (Å²) in [7, 11) is 0. The molecule has 1 rings (SSSR count). The van der Waals surface area contributed by atoms with Crippen molar-refractivity contribution in [3.63, 3.8) is 0 Å². The first-order valence-electron chi connectivity index (χ1n) is 3.44. The lowest BCUT2D eigenvalue weighted by Crippen LogP contribution is -2.08. The van der Waals surface area contributed by atoms with Crippen molar-refractivity contribution in [3.05, 3.63) is 29.1 Å². The van der Waals surface area contributed by atoms with Gasteiger partial charge in [-0.1, -0.05) is 0 Å². The highest BCUT2D eigenvalue weighted by atomic mass is 19.4. The van der Waals surface area contributed by atoms with Crippen LogP contribution in [0.5, 0.6) is 0 Å². The Morgan fingerprint density at radius 1 is 1.46 bits per heavy atom. The van der Waals surface area contributed by atoms with E-state index in [0.29, 0.717) is 6.29 Å². The highest BCUT2D eigenvalue weighted by molar-refractivity contribution is 5.76. The van der Waals surface area contributed by atoms with Gasteiger partial charge in [0.05, 0.1) is 0 Å². The van der Waals surface area contributed by atoms with Crippen molar-refractivity contribution >= 4 is 6.29 Å². The standard InChI is InChI=1S/C8H6F3NO/c1-5-2-7(8(9,10)11)12-3-6(5)4-13/h2-4H,1H3. The van der Waals surface area contributed by atoms with Crippen LogP contribution in [0.2, 0.25) is 0 Å². The van der Waals surface area contributed by atoms with E-state index in [-0.39, 0.29) is 11.1 Å². The summed E-state index contributed by atoms with van der Waals surface area (Å²) in [6, 6.07) is 0.851. The molecule has 0 unspecified atom stereocenters. The topological polar surface area (TPSA) is 30.0 Å². The summed E-state index contributed by atoms with van der Waals surface area (Å²) in [4.78, 5) is 13.4. The normalized spacial score (nSPS) is 11.4. The molecule has 0 saturated heterocycles. The number of aryl methyl sites for hydroxylation is 1. The largest absolute Gasteiger partial charge is 0.433 e. The van der Waals surface area contributed by atoms with Gasteiger partial charge in [0.15, 0.2) is 6.29 Å². The Balaban J connectivity index is 3.17. The fourth-order valence-electron chi connectivity index (χ4n) is 0.845. The second kappa shape index (κ2) is 3.16. The molecule has 0 atom stereocenters. The third-order valence-corrected chi connectivity index (χ3v) is 1.57. The van der Waals surface area contributed by atoms with Crippen LogP contribution in [0, 0.1) is 6.92 Å². The summed E-state index contributed by atoms with van der Waals surface area (Å²) in [5.74, 6) is 0. The van der Waals surface area contributed by atoms with Crippen LogP contribution in [-0.2, 0) is 6.18 Å². The van der Waals surface area contributed by atoms with Crippen LogP contribution >= 0.6 is 0 Å². The number of pyridine rings is 1. The van der Waals surface area contributed by atoms with Crippen molar-refractivity contribution in [2.75, 3.05) is 0 Å². The van der Waals surface area contributed by atoms with Crippen molar-refractivity contribution in [3.8, 4) is 0 Å². The van der Waals surface area contributed by atoms with Crippen LogP contribution in [-0.4, -0.2) is 11.3 Å². The number of nitrogens with zero attached hydrogens (tertiary/aromatic N) is 1. The molecule has 1 aromatic heterocycles. The minimum absolute atomic E-state index is 0.174. The van der Waals surface area contributed by atoms with Crippen molar-refractivity contribution in [1.29, 1.82) is 0 Å². The molecular formula is C8H6F3NO. The third-order valence-electron chi connectivity index (χ3n) is 1.57. The van der Waals surface area contributed by atoms with E-state index in [0.717, 1.165) is 12.3 Å². The molecule has 70 valence electrons. The van der Waals surface area contributed by atoms with E-state index >= 15 is 0 Å². The van der Waals surface area contributed by atoms with Crippen LogP contribution in [0.1, 0.15) is 21.6 Å². The fraction of sp³-hybridized carbons (Fsp3) is 0.250. The minimum Gasteiger partial charge on any atom is -0.298 e. The van der Waals surface area contributed by atoms with Gasteiger partial charge in [-0.25, -0.2) is 0 Å². The number of hydrogen-bond acceptors (Lipinski definition) is 2. The zero-order chi connectivity index (χ0) is 10.1. The van der Waals surface area contributed by atoms with Gasteiger partial charge in [0, 0.05) is 11.8 Å². The SMILES string of the molecule is Cc1cc(C(F)(F)F)ncc1C=O.